The Morgan fingerprint density at radius 3 is 2.86 bits per heavy atom. The summed E-state index contributed by atoms with van der Waals surface area (Å²) in [4.78, 5) is 14.9. The van der Waals surface area contributed by atoms with Crippen LogP contribution >= 0.6 is 12.4 Å². The second kappa shape index (κ2) is 6.88. The van der Waals surface area contributed by atoms with Crippen molar-refractivity contribution in [2.45, 2.75) is 45.8 Å². The lowest BCUT2D eigenvalue weighted by Gasteiger charge is -2.37. The molecule has 1 aromatic carbocycles. The molecule has 0 bridgehead atoms. The number of amides is 1. The molecule has 1 saturated heterocycles. The fourth-order valence-electron chi connectivity index (χ4n) is 3.33. The standard InChI is InChI=1S/C17H24N2O2.ClH/c1-11-4-5-15-16(8-11)21-13(3)10-19(15)17(20)14-6-7-18-12(2)9-14;/h4-5,8,12-14,18H,6-7,9-10H2,1-3H3;1H/t12-,13?,14-;/m0./s1. The first-order chi connectivity index (χ1) is 10.0. The highest BCUT2D eigenvalue weighted by Crippen LogP contribution is 2.36. The van der Waals surface area contributed by atoms with Crippen LogP contribution in [0.5, 0.6) is 5.75 Å². The lowest BCUT2D eigenvalue weighted by molar-refractivity contribution is -0.123. The Kier molecular flexibility index (Phi) is 5.35. The predicted octanol–water partition coefficient (Wildman–Crippen LogP) is 2.92. The van der Waals surface area contributed by atoms with E-state index < -0.39 is 0 Å². The van der Waals surface area contributed by atoms with E-state index >= 15 is 0 Å². The van der Waals surface area contributed by atoms with Gasteiger partial charge >= 0.3 is 0 Å². The molecular weight excluding hydrogens is 300 g/mol. The van der Waals surface area contributed by atoms with Gasteiger partial charge in [0.05, 0.1) is 12.2 Å². The van der Waals surface area contributed by atoms with Gasteiger partial charge in [0.1, 0.15) is 11.9 Å². The van der Waals surface area contributed by atoms with Crippen molar-refractivity contribution in [2.75, 3.05) is 18.0 Å². The molecule has 2 aliphatic heterocycles. The Bertz CT molecular complexity index is 549. The minimum atomic E-state index is 0. The molecule has 0 spiro atoms. The molecule has 4 nitrogen and oxygen atoms in total. The van der Waals surface area contributed by atoms with Crippen molar-refractivity contribution in [1.82, 2.24) is 5.32 Å². The van der Waals surface area contributed by atoms with Crippen molar-refractivity contribution < 1.29 is 9.53 Å². The number of carbonyl (C=O) groups is 1. The van der Waals surface area contributed by atoms with Crippen molar-refractivity contribution in [3.63, 3.8) is 0 Å². The second-order valence-corrected chi connectivity index (χ2v) is 6.42. The Hall–Kier alpha value is -1.26. The molecule has 5 heteroatoms. The topological polar surface area (TPSA) is 41.6 Å². The summed E-state index contributed by atoms with van der Waals surface area (Å²) in [7, 11) is 0. The number of anilines is 1. The molecular formula is C17H25ClN2O2. The van der Waals surface area contributed by atoms with Crippen LogP contribution in [0.4, 0.5) is 5.69 Å². The molecule has 1 unspecified atom stereocenters. The van der Waals surface area contributed by atoms with Crippen LogP contribution in [-0.4, -0.2) is 31.1 Å². The van der Waals surface area contributed by atoms with E-state index in [1.807, 2.05) is 36.9 Å². The third-order valence-corrected chi connectivity index (χ3v) is 4.41. The summed E-state index contributed by atoms with van der Waals surface area (Å²) in [5.74, 6) is 1.22. The molecule has 122 valence electrons. The van der Waals surface area contributed by atoms with Gasteiger partial charge in [-0.05, 0) is 57.9 Å². The zero-order valence-electron chi connectivity index (χ0n) is 13.5. The molecule has 0 saturated carbocycles. The maximum absolute atomic E-state index is 12.9. The molecule has 3 rings (SSSR count). The zero-order chi connectivity index (χ0) is 15.0. The van der Waals surface area contributed by atoms with Gasteiger partial charge in [-0.1, -0.05) is 6.07 Å². The number of nitrogens with zero attached hydrogens (tertiary/aromatic N) is 1. The lowest BCUT2D eigenvalue weighted by atomic mass is 9.91. The van der Waals surface area contributed by atoms with E-state index in [0.29, 0.717) is 12.6 Å². The number of aryl methyl sites for hydroxylation is 1. The van der Waals surface area contributed by atoms with Gasteiger partial charge in [0.25, 0.3) is 0 Å². The van der Waals surface area contributed by atoms with E-state index in [0.717, 1.165) is 36.4 Å². The number of rotatable bonds is 1. The summed E-state index contributed by atoms with van der Waals surface area (Å²) in [5, 5.41) is 3.41. The molecule has 1 fully saturated rings. The van der Waals surface area contributed by atoms with Crippen molar-refractivity contribution in [3.8, 4) is 5.75 Å². The summed E-state index contributed by atoms with van der Waals surface area (Å²) >= 11 is 0. The van der Waals surface area contributed by atoms with Crippen molar-refractivity contribution in [3.05, 3.63) is 23.8 Å². The molecule has 0 aliphatic carbocycles. The molecule has 3 atom stereocenters. The number of carbonyl (C=O) groups excluding carboxylic acids is 1. The largest absolute Gasteiger partial charge is 0.487 e. The summed E-state index contributed by atoms with van der Waals surface area (Å²) in [5.41, 5.74) is 2.08. The van der Waals surface area contributed by atoms with Gasteiger partial charge in [-0.3, -0.25) is 4.79 Å². The number of benzene rings is 1. The van der Waals surface area contributed by atoms with E-state index in [1.54, 1.807) is 0 Å². The first-order valence-electron chi connectivity index (χ1n) is 7.86. The second-order valence-electron chi connectivity index (χ2n) is 6.42. The van der Waals surface area contributed by atoms with Gasteiger partial charge in [-0.15, -0.1) is 12.4 Å². The SMILES string of the molecule is Cc1ccc2c(c1)OC(C)CN2C(=O)[C@H]1CCN[C@@H](C)C1.Cl. The van der Waals surface area contributed by atoms with Gasteiger partial charge in [0.2, 0.25) is 5.91 Å². The van der Waals surface area contributed by atoms with Gasteiger partial charge in [0.15, 0.2) is 0 Å². The third-order valence-electron chi connectivity index (χ3n) is 4.41. The average Bonchev–Trinajstić information content (AvgIpc) is 2.45. The summed E-state index contributed by atoms with van der Waals surface area (Å²) in [6.07, 6.45) is 1.89. The molecule has 1 amide bonds. The normalized spacial score (nSPS) is 27.4. The Labute approximate surface area is 138 Å². The fourth-order valence-corrected chi connectivity index (χ4v) is 3.33. The third kappa shape index (κ3) is 3.39. The number of nitrogens with one attached hydrogen (secondary N) is 1. The van der Waals surface area contributed by atoms with Gasteiger partial charge < -0.3 is 15.0 Å². The highest BCUT2D eigenvalue weighted by Gasteiger charge is 2.33. The van der Waals surface area contributed by atoms with Gasteiger partial charge in [0, 0.05) is 12.0 Å². The van der Waals surface area contributed by atoms with Crippen LogP contribution in [0.15, 0.2) is 18.2 Å². The number of halogens is 1. The van der Waals surface area contributed by atoms with Crippen LogP contribution < -0.4 is 15.0 Å². The molecule has 1 aromatic rings. The van der Waals surface area contributed by atoms with Gasteiger partial charge in [-0.25, -0.2) is 0 Å². The molecule has 0 radical (unpaired) electrons. The smallest absolute Gasteiger partial charge is 0.230 e. The van der Waals surface area contributed by atoms with Crippen LogP contribution in [0, 0.1) is 12.8 Å². The quantitative estimate of drug-likeness (QED) is 0.863. The number of piperidine rings is 1. The molecule has 2 heterocycles. The number of hydrogen-bond donors (Lipinski definition) is 1. The van der Waals surface area contributed by atoms with E-state index in [-0.39, 0.29) is 30.3 Å². The molecule has 2 aliphatic rings. The maximum atomic E-state index is 12.9. The van der Waals surface area contributed by atoms with E-state index in [9.17, 15) is 4.79 Å². The monoisotopic (exact) mass is 324 g/mol. The Balaban J connectivity index is 0.00000176. The van der Waals surface area contributed by atoms with Crippen molar-refractivity contribution in [1.29, 1.82) is 0 Å². The number of fused-ring (bicyclic) bond motifs is 1. The maximum Gasteiger partial charge on any atom is 0.230 e. The fraction of sp³-hybridized carbons (Fsp3) is 0.588. The summed E-state index contributed by atoms with van der Waals surface area (Å²) < 4.78 is 5.90. The Morgan fingerprint density at radius 1 is 1.36 bits per heavy atom. The molecule has 1 N–H and O–H groups in total. The molecule has 22 heavy (non-hydrogen) atoms. The minimum Gasteiger partial charge on any atom is -0.487 e. The highest BCUT2D eigenvalue weighted by molar-refractivity contribution is 5.97. The lowest BCUT2D eigenvalue weighted by Crippen LogP contribution is -2.48. The van der Waals surface area contributed by atoms with Crippen LogP contribution in [-0.2, 0) is 4.79 Å². The van der Waals surface area contributed by atoms with Crippen molar-refractivity contribution in [2.24, 2.45) is 5.92 Å². The van der Waals surface area contributed by atoms with E-state index in [4.69, 9.17) is 4.74 Å². The van der Waals surface area contributed by atoms with Crippen LogP contribution in [0.3, 0.4) is 0 Å². The minimum absolute atomic E-state index is 0. The van der Waals surface area contributed by atoms with Crippen molar-refractivity contribution >= 4 is 24.0 Å². The van der Waals surface area contributed by atoms with Crippen LogP contribution in [0.25, 0.3) is 0 Å². The number of ether oxygens (including phenoxy) is 1. The predicted molar refractivity (Wildman–Crippen MR) is 91.1 cm³/mol. The van der Waals surface area contributed by atoms with E-state index in [1.165, 1.54) is 0 Å². The summed E-state index contributed by atoms with van der Waals surface area (Å²) in [6.45, 7) is 7.80. The van der Waals surface area contributed by atoms with Crippen LogP contribution in [0.2, 0.25) is 0 Å². The average molecular weight is 325 g/mol. The molecule has 0 aromatic heterocycles. The van der Waals surface area contributed by atoms with E-state index in [2.05, 4.69) is 12.2 Å². The Morgan fingerprint density at radius 2 is 2.14 bits per heavy atom. The van der Waals surface area contributed by atoms with Crippen LogP contribution in [0.1, 0.15) is 32.3 Å². The summed E-state index contributed by atoms with van der Waals surface area (Å²) in [6, 6.07) is 6.50. The first kappa shape index (κ1) is 17.1. The van der Waals surface area contributed by atoms with Gasteiger partial charge in [-0.2, -0.15) is 0 Å². The zero-order valence-corrected chi connectivity index (χ0v) is 14.3. The highest BCUT2D eigenvalue weighted by atomic mass is 35.5. The first-order valence-corrected chi connectivity index (χ1v) is 7.86. The number of hydrogen-bond acceptors (Lipinski definition) is 3.